The molecule has 7 heteroatoms. The number of hydrogen-bond donors (Lipinski definition) is 1. The summed E-state index contributed by atoms with van der Waals surface area (Å²) in [4.78, 5) is 22.0. The van der Waals surface area contributed by atoms with Crippen LogP contribution in [-0.4, -0.2) is 17.4 Å². The fraction of sp³-hybridized carbons (Fsp3) is 0.125. The Kier molecular flexibility index (Phi) is 5.25. The number of nitro groups is 1. The molecule has 1 amide bonds. The van der Waals surface area contributed by atoms with Crippen molar-refractivity contribution in [3.8, 4) is 11.8 Å². The number of nitrogens with zero attached hydrogens (tertiary/aromatic N) is 2. The van der Waals surface area contributed by atoms with E-state index in [9.17, 15) is 14.9 Å². The molecule has 0 aliphatic heterocycles. The number of para-hydroxylation sites is 2. The number of nitriles is 1. The highest BCUT2D eigenvalue weighted by Crippen LogP contribution is 2.25. The lowest BCUT2D eigenvalue weighted by atomic mass is 10.1. The maximum Gasteiger partial charge on any atom is 0.310 e. The maximum atomic E-state index is 11.8. The van der Waals surface area contributed by atoms with Crippen LogP contribution in [0.4, 0.5) is 5.69 Å². The summed E-state index contributed by atoms with van der Waals surface area (Å²) in [6.07, 6.45) is 0. The van der Waals surface area contributed by atoms with E-state index in [-0.39, 0.29) is 24.6 Å². The van der Waals surface area contributed by atoms with Crippen LogP contribution in [0.1, 0.15) is 11.1 Å². The SMILES string of the molecule is N#Cc1cccc(CNC(=O)COc2ccccc2[N+](=O)[O-])c1. The Labute approximate surface area is 132 Å². The minimum atomic E-state index is -0.569. The average molecular weight is 311 g/mol. The number of amides is 1. The molecule has 0 saturated heterocycles. The van der Waals surface area contributed by atoms with Gasteiger partial charge in [0.2, 0.25) is 0 Å². The van der Waals surface area contributed by atoms with E-state index in [2.05, 4.69) is 5.32 Å². The predicted molar refractivity (Wildman–Crippen MR) is 81.6 cm³/mol. The van der Waals surface area contributed by atoms with E-state index in [1.54, 1.807) is 30.3 Å². The van der Waals surface area contributed by atoms with E-state index < -0.39 is 10.8 Å². The van der Waals surface area contributed by atoms with Crippen LogP contribution in [0.5, 0.6) is 5.75 Å². The third kappa shape index (κ3) is 4.54. The molecule has 2 aromatic carbocycles. The Morgan fingerprint density at radius 2 is 2.04 bits per heavy atom. The van der Waals surface area contributed by atoms with Crippen LogP contribution in [0.2, 0.25) is 0 Å². The molecule has 2 rings (SSSR count). The number of carbonyl (C=O) groups excluding carboxylic acids is 1. The predicted octanol–water partition coefficient (Wildman–Crippen LogP) is 2.16. The largest absolute Gasteiger partial charge is 0.477 e. The summed E-state index contributed by atoms with van der Waals surface area (Å²) in [7, 11) is 0. The van der Waals surface area contributed by atoms with Gasteiger partial charge in [-0.3, -0.25) is 14.9 Å². The van der Waals surface area contributed by atoms with Crippen molar-refractivity contribution in [1.82, 2.24) is 5.32 Å². The van der Waals surface area contributed by atoms with E-state index in [4.69, 9.17) is 10.00 Å². The number of carbonyl (C=O) groups is 1. The molecule has 0 atom stereocenters. The first kappa shape index (κ1) is 16.0. The summed E-state index contributed by atoms with van der Waals surface area (Å²) in [5, 5.41) is 22.3. The van der Waals surface area contributed by atoms with Gasteiger partial charge in [0, 0.05) is 12.6 Å². The van der Waals surface area contributed by atoms with Crippen molar-refractivity contribution in [3.63, 3.8) is 0 Å². The molecular weight excluding hydrogens is 298 g/mol. The molecule has 0 aliphatic carbocycles. The first-order valence-electron chi connectivity index (χ1n) is 6.72. The third-order valence-corrected chi connectivity index (χ3v) is 2.97. The number of nitro benzene ring substituents is 1. The number of ether oxygens (including phenoxy) is 1. The summed E-state index contributed by atoms with van der Waals surface area (Å²) >= 11 is 0. The van der Waals surface area contributed by atoms with Crippen molar-refractivity contribution < 1.29 is 14.5 Å². The quantitative estimate of drug-likeness (QED) is 0.650. The molecular formula is C16H13N3O4. The van der Waals surface area contributed by atoms with Gasteiger partial charge in [-0.15, -0.1) is 0 Å². The molecule has 0 spiro atoms. The Morgan fingerprint density at radius 1 is 1.26 bits per heavy atom. The third-order valence-electron chi connectivity index (χ3n) is 2.97. The maximum absolute atomic E-state index is 11.8. The Hall–Kier alpha value is -3.40. The molecule has 0 bridgehead atoms. The van der Waals surface area contributed by atoms with Crippen LogP contribution in [-0.2, 0) is 11.3 Å². The van der Waals surface area contributed by atoms with Gasteiger partial charge in [0.15, 0.2) is 12.4 Å². The zero-order valence-corrected chi connectivity index (χ0v) is 12.1. The number of nitrogens with one attached hydrogen (secondary N) is 1. The Bertz CT molecular complexity index is 768. The summed E-state index contributed by atoms with van der Waals surface area (Å²) in [5.41, 5.74) is 1.10. The van der Waals surface area contributed by atoms with E-state index in [1.807, 2.05) is 6.07 Å². The van der Waals surface area contributed by atoms with Gasteiger partial charge in [0.05, 0.1) is 16.6 Å². The second kappa shape index (κ2) is 7.56. The summed E-state index contributed by atoms with van der Waals surface area (Å²) in [6.45, 7) is -0.0859. The van der Waals surface area contributed by atoms with Gasteiger partial charge in [-0.1, -0.05) is 24.3 Å². The van der Waals surface area contributed by atoms with Crippen LogP contribution < -0.4 is 10.1 Å². The number of rotatable bonds is 6. The zero-order chi connectivity index (χ0) is 16.7. The lowest BCUT2D eigenvalue weighted by molar-refractivity contribution is -0.385. The van der Waals surface area contributed by atoms with Crippen LogP contribution in [0.3, 0.4) is 0 Å². The lowest BCUT2D eigenvalue weighted by Gasteiger charge is -2.08. The normalized spacial score (nSPS) is 9.70. The van der Waals surface area contributed by atoms with Crippen molar-refractivity contribution in [2.24, 2.45) is 0 Å². The average Bonchev–Trinajstić information content (AvgIpc) is 2.58. The zero-order valence-electron chi connectivity index (χ0n) is 12.1. The van der Waals surface area contributed by atoms with Gasteiger partial charge in [0.25, 0.3) is 5.91 Å². The van der Waals surface area contributed by atoms with Crippen molar-refractivity contribution in [2.75, 3.05) is 6.61 Å². The van der Waals surface area contributed by atoms with Crippen LogP contribution in [0.25, 0.3) is 0 Å². The van der Waals surface area contributed by atoms with E-state index in [0.29, 0.717) is 5.56 Å². The van der Waals surface area contributed by atoms with Crippen molar-refractivity contribution >= 4 is 11.6 Å². The molecule has 0 aliphatic rings. The van der Waals surface area contributed by atoms with Gasteiger partial charge in [0.1, 0.15) is 0 Å². The second-order valence-electron chi connectivity index (χ2n) is 4.60. The van der Waals surface area contributed by atoms with Crippen LogP contribution >= 0.6 is 0 Å². The summed E-state index contributed by atoms with van der Waals surface area (Å²) in [6, 6.07) is 14.7. The summed E-state index contributed by atoms with van der Waals surface area (Å²) in [5.74, 6) is -0.371. The van der Waals surface area contributed by atoms with Gasteiger partial charge in [-0.05, 0) is 23.8 Å². The molecule has 0 saturated carbocycles. The minimum Gasteiger partial charge on any atom is -0.477 e. The van der Waals surface area contributed by atoms with Crippen molar-refractivity contribution in [3.05, 3.63) is 69.8 Å². The molecule has 0 unspecified atom stereocenters. The van der Waals surface area contributed by atoms with Crippen LogP contribution in [0, 0.1) is 21.4 Å². The van der Waals surface area contributed by atoms with E-state index >= 15 is 0 Å². The minimum absolute atomic E-state index is 0.0409. The molecule has 0 fully saturated rings. The molecule has 0 aromatic heterocycles. The lowest BCUT2D eigenvalue weighted by Crippen LogP contribution is -2.28. The molecule has 23 heavy (non-hydrogen) atoms. The standard InChI is InChI=1S/C16H13N3O4/c17-9-12-4-3-5-13(8-12)10-18-16(20)11-23-15-7-2-1-6-14(15)19(21)22/h1-8H,10-11H2,(H,18,20). The number of hydrogen-bond acceptors (Lipinski definition) is 5. The highest BCUT2D eigenvalue weighted by molar-refractivity contribution is 5.77. The molecule has 7 nitrogen and oxygen atoms in total. The highest BCUT2D eigenvalue weighted by Gasteiger charge is 2.14. The first-order valence-corrected chi connectivity index (χ1v) is 6.72. The van der Waals surface area contributed by atoms with Gasteiger partial charge >= 0.3 is 5.69 Å². The topological polar surface area (TPSA) is 105 Å². The van der Waals surface area contributed by atoms with Gasteiger partial charge in [-0.2, -0.15) is 5.26 Å². The monoisotopic (exact) mass is 311 g/mol. The molecule has 2 aromatic rings. The second-order valence-corrected chi connectivity index (χ2v) is 4.60. The molecule has 0 heterocycles. The number of benzene rings is 2. The highest BCUT2D eigenvalue weighted by atomic mass is 16.6. The van der Waals surface area contributed by atoms with Crippen LogP contribution in [0.15, 0.2) is 48.5 Å². The van der Waals surface area contributed by atoms with Gasteiger partial charge in [-0.25, -0.2) is 0 Å². The molecule has 1 N–H and O–H groups in total. The smallest absolute Gasteiger partial charge is 0.310 e. The molecule has 116 valence electrons. The Morgan fingerprint density at radius 3 is 2.78 bits per heavy atom. The molecule has 0 radical (unpaired) electrons. The van der Waals surface area contributed by atoms with Crippen molar-refractivity contribution in [2.45, 2.75) is 6.54 Å². The fourth-order valence-electron chi connectivity index (χ4n) is 1.88. The first-order chi connectivity index (χ1) is 11.1. The summed E-state index contributed by atoms with van der Waals surface area (Å²) < 4.78 is 5.19. The fourth-order valence-corrected chi connectivity index (χ4v) is 1.88. The Balaban J connectivity index is 1.88. The van der Waals surface area contributed by atoms with E-state index in [1.165, 1.54) is 18.2 Å². The van der Waals surface area contributed by atoms with Crippen molar-refractivity contribution in [1.29, 1.82) is 5.26 Å². The van der Waals surface area contributed by atoms with E-state index in [0.717, 1.165) is 5.56 Å². The van der Waals surface area contributed by atoms with Gasteiger partial charge < -0.3 is 10.1 Å².